The van der Waals surface area contributed by atoms with Gasteiger partial charge in [-0.2, -0.15) is 5.10 Å². The lowest BCUT2D eigenvalue weighted by Crippen LogP contribution is -2.49. The molecule has 0 bridgehead atoms. The monoisotopic (exact) mass is 349 g/mol. The van der Waals surface area contributed by atoms with Crippen molar-refractivity contribution in [3.63, 3.8) is 0 Å². The topological polar surface area (TPSA) is 53.7 Å². The van der Waals surface area contributed by atoms with Gasteiger partial charge in [-0.15, -0.1) is 0 Å². The Hall–Kier alpha value is -1.50. The summed E-state index contributed by atoms with van der Waals surface area (Å²) in [6, 6.07) is 0. The minimum absolute atomic E-state index is 0.256. The Morgan fingerprint density at radius 2 is 1.96 bits per heavy atom. The third-order valence-corrected chi connectivity index (χ3v) is 6.09. The molecule has 1 fully saturated rings. The van der Waals surface area contributed by atoms with Gasteiger partial charge in [0.2, 0.25) is 5.91 Å². The van der Waals surface area contributed by atoms with E-state index in [2.05, 4.69) is 28.8 Å². The van der Waals surface area contributed by atoms with Crippen LogP contribution in [0, 0.1) is 13.8 Å². The molecular formula is C17H27N5OS. The maximum Gasteiger partial charge on any atom is 0.223 e. The number of amidine groups is 1. The molecular weight excluding hydrogens is 322 g/mol. The number of hydrogen-bond donors (Lipinski definition) is 0. The molecule has 1 amide bonds. The summed E-state index contributed by atoms with van der Waals surface area (Å²) in [5, 5.41) is 6.18. The van der Waals surface area contributed by atoms with Crippen molar-refractivity contribution < 1.29 is 4.79 Å². The van der Waals surface area contributed by atoms with E-state index < -0.39 is 0 Å². The van der Waals surface area contributed by atoms with Crippen molar-refractivity contribution in [2.45, 2.75) is 38.9 Å². The lowest BCUT2D eigenvalue weighted by atomic mass is 10.1. The Bertz CT molecular complexity index is 646. The standard InChI is InChI=1S/C17H27N5OS/c1-12-11-18-17(24-12)22-9-7-21(8-10-22)16(23)6-5-15-13(2)19-20(4)14(15)3/h12H,5-11H2,1-4H3/t12-/m1/s1. The van der Waals surface area contributed by atoms with Gasteiger partial charge < -0.3 is 9.80 Å². The van der Waals surface area contributed by atoms with Crippen LogP contribution >= 0.6 is 11.8 Å². The van der Waals surface area contributed by atoms with Crippen molar-refractivity contribution in [2.24, 2.45) is 12.0 Å². The van der Waals surface area contributed by atoms with Crippen molar-refractivity contribution in [3.05, 3.63) is 17.0 Å². The van der Waals surface area contributed by atoms with E-state index in [9.17, 15) is 4.79 Å². The first-order chi connectivity index (χ1) is 11.5. The number of aryl methyl sites for hydroxylation is 2. The summed E-state index contributed by atoms with van der Waals surface area (Å²) in [5.41, 5.74) is 3.42. The number of aromatic nitrogens is 2. The van der Waals surface area contributed by atoms with Crippen molar-refractivity contribution in [1.29, 1.82) is 0 Å². The molecule has 0 N–H and O–H groups in total. The van der Waals surface area contributed by atoms with Crippen LogP contribution in [0.5, 0.6) is 0 Å². The molecule has 0 aromatic carbocycles. The van der Waals surface area contributed by atoms with Crippen LogP contribution in [0.3, 0.4) is 0 Å². The molecule has 0 unspecified atom stereocenters. The van der Waals surface area contributed by atoms with Crippen molar-refractivity contribution >= 4 is 22.8 Å². The molecule has 1 aromatic heterocycles. The number of piperazine rings is 1. The van der Waals surface area contributed by atoms with Crippen molar-refractivity contribution in [1.82, 2.24) is 19.6 Å². The van der Waals surface area contributed by atoms with Crippen molar-refractivity contribution in [2.75, 3.05) is 32.7 Å². The number of amides is 1. The molecule has 0 saturated carbocycles. The first-order valence-corrected chi connectivity index (χ1v) is 9.56. The zero-order valence-electron chi connectivity index (χ0n) is 15.1. The molecule has 0 aliphatic carbocycles. The van der Waals surface area contributed by atoms with Gasteiger partial charge in [-0.3, -0.25) is 14.5 Å². The van der Waals surface area contributed by atoms with Gasteiger partial charge in [-0.25, -0.2) is 0 Å². The molecule has 1 saturated heterocycles. The maximum absolute atomic E-state index is 12.5. The Morgan fingerprint density at radius 1 is 1.25 bits per heavy atom. The van der Waals surface area contributed by atoms with Crippen LogP contribution in [-0.4, -0.2) is 68.6 Å². The molecule has 24 heavy (non-hydrogen) atoms. The van der Waals surface area contributed by atoms with Crippen LogP contribution in [0.25, 0.3) is 0 Å². The van der Waals surface area contributed by atoms with Crippen molar-refractivity contribution in [3.8, 4) is 0 Å². The maximum atomic E-state index is 12.5. The van der Waals surface area contributed by atoms with E-state index in [4.69, 9.17) is 0 Å². The third kappa shape index (κ3) is 3.61. The third-order valence-electron chi connectivity index (χ3n) is 4.94. The van der Waals surface area contributed by atoms with Gasteiger partial charge >= 0.3 is 0 Å². The predicted octanol–water partition coefficient (Wildman–Crippen LogP) is 1.61. The average Bonchev–Trinajstić information content (AvgIpc) is 3.10. The predicted molar refractivity (Wildman–Crippen MR) is 98.5 cm³/mol. The normalized spacial score (nSPS) is 21.3. The van der Waals surface area contributed by atoms with Gasteiger partial charge in [-0.05, 0) is 25.8 Å². The summed E-state index contributed by atoms with van der Waals surface area (Å²) in [5.74, 6) is 0.256. The number of thioether (sulfide) groups is 1. The van der Waals surface area contributed by atoms with Crippen LogP contribution in [0.15, 0.2) is 4.99 Å². The van der Waals surface area contributed by atoms with Gasteiger partial charge in [0.25, 0.3) is 0 Å². The number of rotatable bonds is 3. The molecule has 2 aliphatic rings. The van der Waals surface area contributed by atoms with Crippen LogP contribution in [0.4, 0.5) is 0 Å². The molecule has 6 nitrogen and oxygen atoms in total. The van der Waals surface area contributed by atoms with Crippen LogP contribution < -0.4 is 0 Å². The van der Waals surface area contributed by atoms with E-state index in [1.165, 1.54) is 5.56 Å². The molecule has 7 heteroatoms. The largest absolute Gasteiger partial charge is 0.348 e. The Kier molecular flexibility index (Phi) is 5.18. The Balaban J connectivity index is 1.49. The van der Waals surface area contributed by atoms with Gasteiger partial charge in [-0.1, -0.05) is 18.7 Å². The second-order valence-electron chi connectivity index (χ2n) is 6.69. The lowest BCUT2D eigenvalue weighted by Gasteiger charge is -2.35. The minimum atomic E-state index is 0.256. The molecule has 3 heterocycles. The first kappa shape index (κ1) is 17.3. The zero-order valence-corrected chi connectivity index (χ0v) is 15.9. The summed E-state index contributed by atoms with van der Waals surface area (Å²) >= 11 is 1.86. The Labute approximate surface area is 148 Å². The highest BCUT2D eigenvalue weighted by molar-refractivity contribution is 8.14. The Morgan fingerprint density at radius 3 is 2.50 bits per heavy atom. The lowest BCUT2D eigenvalue weighted by molar-refractivity contribution is -0.132. The SMILES string of the molecule is Cc1nn(C)c(C)c1CCC(=O)N1CCN(C2=NC[C@@H](C)S2)CC1. The van der Waals surface area contributed by atoms with Crippen LogP contribution in [0.2, 0.25) is 0 Å². The van der Waals surface area contributed by atoms with E-state index in [1.54, 1.807) is 0 Å². The fourth-order valence-corrected chi connectivity index (χ4v) is 4.34. The number of hydrogen-bond acceptors (Lipinski definition) is 5. The summed E-state index contributed by atoms with van der Waals surface area (Å²) in [4.78, 5) is 21.5. The summed E-state index contributed by atoms with van der Waals surface area (Å²) in [7, 11) is 1.96. The highest BCUT2D eigenvalue weighted by Gasteiger charge is 2.26. The van der Waals surface area contributed by atoms with E-state index in [-0.39, 0.29) is 5.91 Å². The highest BCUT2D eigenvalue weighted by Crippen LogP contribution is 2.24. The molecule has 2 aliphatic heterocycles. The van der Waals surface area contributed by atoms with E-state index in [0.29, 0.717) is 11.7 Å². The second kappa shape index (κ2) is 7.17. The second-order valence-corrected chi connectivity index (χ2v) is 8.10. The number of carbonyl (C=O) groups is 1. The quantitative estimate of drug-likeness (QED) is 0.832. The molecule has 1 aromatic rings. The fourth-order valence-electron chi connectivity index (χ4n) is 3.35. The van der Waals surface area contributed by atoms with E-state index in [1.807, 2.05) is 35.3 Å². The molecule has 1 atom stereocenters. The summed E-state index contributed by atoms with van der Waals surface area (Å²) < 4.78 is 1.90. The van der Waals surface area contributed by atoms with Crippen LogP contribution in [-0.2, 0) is 18.3 Å². The molecule has 3 rings (SSSR count). The fraction of sp³-hybridized carbons (Fsp3) is 0.706. The summed E-state index contributed by atoms with van der Waals surface area (Å²) in [6.07, 6.45) is 1.35. The average molecular weight is 350 g/mol. The van der Waals surface area contributed by atoms with Gasteiger partial charge in [0.15, 0.2) is 5.17 Å². The number of carbonyl (C=O) groups excluding carboxylic acids is 1. The van der Waals surface area contributed by atoms with Gasteiger partial charge in [0.1, 0.15) is 0 Å². The minimum Gasteiger partial charge on any atom is -0.348 e. The highest BCUT2D eigenvalue weighted by atomic mass is 32.2. The first-order valence-electron chi connectivity index (χ1n) is 8.68. The number of nitrogens with zero attached hydrogens (tertiary/aromatic N) is 5. The van der Waals surface area contributed by atoms with Crippen LogP contribution in [0.1, 0.15) is 30.3 Å². The molecule has 0 radical (unpaired) electrons. The number of aliphatic imine (C=N–C) groups is 1. The van der Waals surface area contributed by atoms with E-state index in [0.717, 1.165) is 55.7 Å². The van der Waals surface area contributed by atoms with Gasteiger partial charge in [0.05, 0.1) is 12.2 Å². The van der Waals surface area contributed by atoms with E-state index >= 15 is 0 Å². The van der Waals surface area contributed by atoms with Gasteiger partial charge in [0, 0.05) is 50.6 Å². The molecule has 132 valence electrons. The smallest absolute Gasteiger partial charge is 0.223 e. The molecule has 0 spiro atoms. The zero-order chi connectivity index (χ0) is 17.3. The summed E-state index contributed by atoms with van der Waals surface area (Å²) in [6.45, 7) is 10.6.